The van der Waals surface area contributed by atoms with Gasteiger partial charge in [-0.3, -0.25) is 0 Å². The van der Waals surface area contributed by atoms with Gasteiger partial charge in [-0.25, -0.2) is 4.79 Å². The van der Waals surface area contributed by atoms with Gasteiger partial charge in [0.2, 0.25) is 0 Å². The SMILES string of the molecule is C/C=C\C.C=C/C=C/c1cc(-c2ccccc2)c(C)n1-c1ccc(Cl)c(C(=O)O)c1. The number of aromatic nitrogens is 1. The van der Waals surface area contributed by atoms with E-state index < -0.39 is 5.97 Å². The van der Waals surface area contributed by atoms with Crippen molar-refractivity contribution < 1.29 is 9.90 Å². The molecule has 4 heteroatoms. The van der Waals surface area contributed by atoms with E-state index in [4.69, 9.17) is 11.6 Å². The number of allylic oxidation sites excluding steroid dienone is 4. The number of carboxylic acid groups (broad SMARTS) is 1. The quantitative estimate of drug-likeness (QED) is 0.342. The molecule has 0 bridgehead atoms. The van der Waals surface area contributed by atoms with Crippen molar-refractivity contribution in [2.24, 2.45) is 0 Å². The summed E-state index contributed by atoms with van der Waals surface area (Å²) in [5.41, 5.74) is 4.96. The van der Waals surface area contributed by atoms with Crippen LogP contribution in [0.25, 0.3) is 22.9 Å². The summed E-state index contributed by atoms with van der Waals surface area (Å²) in [4.78, 5) is 11.5. The summed E-state index contributed by atoms with van der Waals surface area (Å²) in [7, 11) is 0. The first-order chi connectivity index (χ1) is 14.4. The third kappa shape index (κ3) is 5.40. The summed E-state index contributed by atoms with van der Waals surface area (Å²) >= 11 is 6.03. The summed E-state index contributed by atoms with van der Waals surface area (Å²) in [6.45, 7) is 9.74. The first-order valence-electron chi connectivity index (χ1n) is 9.62. The van der Waals surface area contributed by atoms with E-state index in [0.717, 1.165) is 28.2 Å². The zero-order chi connectivity index (χ0) is 22.1. The molecule has 0 radical (unpaired) electrons. The molecule has 1 heterocycles. The van der Waals surface area contributed by atoms with Crippen LogP contribution in [-0.4, -0.2) is 15.6 Å². The zero-order valence-electron chi connectivity index (χ0n) is 17.5. The molecule has 0 aliphatic rings. The van der Waals surface area contributed by atoms with Gasteiger partial charge in [0, 0.05) is 22.6 Å². The molecule has 0 fully saturated rings. The van der Waals surface area contributed by atoms with Crippen molar-refractivity contribution in [1.82, 2.24) is 4.57 Å². The van der Waals surface area contributed by atoms with Crippen LogP contribution in [0.15, 0.2) is 85.5 Å². The average Bonchev–Trinajstić information content (AvgIpc) is 3.09. The Kier molecular flexibility index (Phi) is 8.45. The molecule has 0 saturated heterocycles. The molecule has 0 saturated carbocycles. The third-order valence-electron chi connectivity index (χ3n) is 4.54. The van der Waals surface area contributed by atoms with Crippen molar-refractivity contribution in [1.29, 1.82) is 0 Å². The lowest BCUT2D eigenvalue weighted by molar-refractivity contribution is 0.0697. The predicted octanol–water partition coefficient (Wildman–Crippen LogP) is 7.59. The molecule has 0 unspecified atom stereocenters. The Bertz CT molecular complexity index is 1070. The maximum absolute atomic E-state index is 11.5. The van der Waals surface area contributed by atoms with Gasteiger partial charge in [0.25, 0.3) is 0 Å². The molecule has 154 valence electrons. The Morgan fingerprint density at radius 2 is 1.73 bits per heavy atom. The Labute approximate surface area is 183 Å². The molecule has 1 N–H and O–H groups in total. The Morgan fingerprint density at radius 1 is 1.07 bits per heavy atom. The number of nitrogens with zero attached hydrogens (tertiary/aromatic N) is 1. The number of carbonyl (C=O) groups is 1. The van der Waals surface area contributed by atoms with Gasteiger partial charge < -0.3 is 9.67 Å². The molecule has 0 spiro atoms. The fraction of sp³-hybridized carbons (Fsp3) is 0.115. The highest BCUT2D eigenvalue weighted by atomic mass is 35.5. The highest BCUT2D eigenvalue weighted by Crippen LogP contribution is 2.31. The minimum Gasteiger partial charge on any atom is -0.478 e. The molecule has 3 rings (SSSR count). The first kappa shape index (κ1) is 23.0. The number of hydrogen-bond acceptors (Lipinski definition) is 1. The second kappa shape index (κ2) is 11.0. The number of rotatable bonds is 5. The molecule has 0 amide bonds. The van der Waals surface area contributed by atoms with Gasteiger partial charge in [0.05, 0.1) is 10.6 Å². The van der Waals surface area contributed by atoms with Crippen LogP contribution < -0.4 is 0 Å². The summed E-state index contributed by atoms with van der Waals surface area (Å²) in [5, 5.41) is 9.60. The van der Waals surface area contributed by atoms with Crippen LogP contribution in [0.5, 0.6) is 0 Å². The van der Waals surface area contributed by atoms with E-state index in [9.17, 15) is 9.90 Å². The van der Waals surface area contributed by atoms with Crippen molar-refractivity contribution in [2.75, 3.05) is 0 Å². The molecule has 3 aromatic rings. The fourth-order valence-electron chi connectivity index (χ4n) is 2.99. The normalized spacial score (nSPS) is 10.8. The van der Waals surface area contributed by atoms with Crippen molar-refractivity contribution in [3.05, 3.63) is 107 Å². The zero-order valence-corrected chi connectivity index (χ0v) is 18.2. The number of halogens is 1. The summed E-state index contributed by atoms with van der Waals surface area (Å²) in [5.74, 6) is -1.05. The molecule has 0 aliphatic heterocycles. The van der Waals surface area contributed by atoms with Gasteiger partial charge >= 0.3 is 5.97 Å². The lowest BCUT2D eigenvalue weighted by atomic mass is 10.1. The van der Waals surface area contributed by atoms with E-state index in [1.54, 1.807) is 18.2 Å². The van der Waals surface area contributed by atoms with E-state index in [0.29, 0.717) is 0 Å². The van der Waals surface area contributed by atoms with Gasteiger partial charge in [-0.1, -0.05) is 72.8 Å². The second-order valence-corrected chi connectivity index (χ2v) is 6.91. The number of carboxylic acids is 1. The fourth-order valence-corrected chi connectivity index (χ4v) is 3.19. The second-order valence-electron chi connectivity index (χ2n) is 6.50. The van der Waals surface area contributed by atoms with Gasteiger partial charge in [0.15, 0.2) is 0 Å². The van der Waals surface area contributed by atoms with Crippen LogP contribution in [0, 0.1) is 6.92 Å². The summed E-state index contributed by atoms with van der Waals surface area (Å²) in [6.07, 6.45) is 9.51. The van der Waals surface area contributed by atoms with Gasteiger partial charge in [-0.15, -0.1) is 0 Å². The molecule has 3 nitrogen and oxygen atoms in total. The molecular weight excluding hydrogens is 394 g/mol. The first-order valence-corrected chi connectivity index (χ1v) is 9.99. The van der Waals surface area contributed by atoms with E-state index in [2.05, 4.69) is 24.8 Å². The van der Waals surface area contributed by atoms with Gasteiger partial charge in [0.1, 0.15) is 0 Å². The topological polar surface area (TPSA) is 42.2 Å². The third-order valence-corrected chi connectivity index (χ3v) is 4.86. The molecule has 1 aromatic heterocycles. The van der Waals surface area contributed by atoms with Crippen LogP contribution >= 0.6 is 11.6 Å². The van der Waals surface area contributed by atoms with E-state index >= 15 is 0 Å². The van der Waals surface area contributed by atoms with Crippen LogP contribution in [0.4, 0.5) is 0 Å². The van der Waals surface area contributed by atoms with Crippen molar-refractivity contribution in [3.8, 4) is 16.8 Å². The predicted molar refractivity (Wildman–Crippen MR) is 128 cm³/mol. The summed E-state index contributed by atoms with van der Waals surface area (Å²) in [6, 6.07) is 17.2. The van der Waals surface area contributed by atoms with E-state index in [1.165, 1.54) is 0 Å². The number of aromatic carboxylic acids is 1. The average molecular weight is 420 g/mol. The minimum absolute atomic E-state index is 0.0807. The molecule has 0 aliphatic carbocycles. The number of benzene rings is 2. The highest BCUT2D eigenvalue weighted by Gasteiger charge is 2.16. The Hall–Kier alpha value is -3.30. The van der Waals surface area contributed by atoms with Crippen LogP contribution in [0.1, 0.15) is 35.6 Å². The smallest absolute Gasteiger partial charge is 0.337 e. The molecular formula is C26H26ClNO2. The van der Waals surface area contributed by atoms with E-state index in [1.807, 2.05) is 73.9 Å². The van der Waals surface area contributed by atoms with Gasteiger partial charge in [-0.05, 0) is 56.7 Å². The largest absolute Gasteiger partial charge is 0.478 e. The molecule has 0 atom stereocenters. The van der Waals surface area contributed by atoms with Crippen molar-refractivity contribution in [3.63, 3.8) is 0 Å². The van der Waals surface area contributed by atoms with Crippen molar-refractivity contribution >= 4 is 23.6 Å². The maximum Gasteiger partial charge on any atom is 0.337 e. The van der Waals surface area contributed by atoms with Crippen LogP contribution in [0.2, 0.25) is 5.02 Å². The Balaban J connectivity index is 0.000000735. The highest BCUT2D eigenvalue weighted by molar-refractivity contribution is 6.33. The number of hydrogen-bond donors (Lipinski definition) is 1. The van der Waals surface area contributed by atoms with Crippen molar-refractivity contribution in [2.45, 2.75) is 20.8 Å². The minimum atomic E-state index is -1.05. The summed E-state index contributed by atoms with van der Waals surface area (Å²) < 4.78 is 2.02. The van der Waals surface area contributed by atoms with Crippen LogP contribution in [0.3, 0.4) is 0 Å². The Morgan fingerprint density at radius 3 is 2.30 bits per heavy atom. The molecule has 30 heavy (non-hydrogen) atoms. The standard InChI is InChI=1S/C22H18ClNO2.C4H8/c1-3-4-10-17-13-19(16-8-6-5-7-9-16)15(2)24(17)18-11-12-21(23)20(14-18)22(25)26;1-3-4-2/h3-14H,1H2,2H3,(H,25,26);3-4H,1-2H3/b10-4+;4-3-. The lowest BCUT2D eigenvalue weighted by Crippen LogP contribution is -2.03. The van der Waals surface area contributed by atoms with Gasteiger partial charge in [-0.2, -0.15) is 0 Å². The maximum atomic E-state index is 11.5. The monoisotopic (exact) mass is 419 g/mol. The van der Waals surface area contributed by atoms with E-state index in [-0.39, 0.29) is 10.6 Å². The molecule has 2 aromatic carbocycles. The lowest BCUT2D eigenvalue weighted by Gasteiger charge is -2.12. The van der Waals surface area contributed by atoms with Crippen LogP contribution in [-0.2, 0) is 0 Å².